The number of nitrogens with zero attached hydrogens (tertiary/aromatic N) is 1. The summed E-state index contributed by atoms with van der Waals surface area (Å²) in [5.41, 5.74) is 3.03. The van der Waals surface area contributed by atoms with Gasteiger partial charge in [0.2, 0.25) is 0 Å². The van der Waals surface area contributed by atoms with Crippen molar-refractivity contribution in [3.8, 4) is 5.75 Å². The van der Waals surface area contributed by atoms with Gasteiger partial charge < -0.3 is 10.1 Å². The zero-order valence-corrected chi connectivity index (χ0v) is 15.7. The maximum Gasteiger partial charge on any atom is 0.251 e. The van der Waals surface area contributed by atoms with Crippen LogP contribution in [0.25, 0.3) is 0 Å². The Morgan fingerprint density at radius 2 is 1.73 bits per heavy atom. The first-order valence-electron chi connectivity index (χ1n) is 9.50. The molecule has 4 heteroatoms. The summed E-state index contributed by atoms with van der Waals surface area (Å²) in [4.78, 5) is 15.0. The van der Waals surface area contributed by atoms with Gasteiger partial charge in [-0.15, -0.1) is 0 Å². The van der Waals surface area contributed by atoms with Crippen molar-refractivity contribution in [2.24, 2.45) is 0 Å². The van der Waals surface area contributed by atoms with Crippen molar-refractivity contribution in [3.63, 3.8) is 0 Å². The van der Waals surface area contributed by atoms with Crippen molar-refractivity contribution in [2.45, 2.75) is 39.3 Å². The van der Waals surface area contributed by atoms with Gasteiger partial charge in [0.05, 0.1) is 12.6 Å². The van der Waals surface area contributed by atoms with Gasteiger partial charge in [-0.1, -0.05) is 24.3 Å². The molecular formula is C22H28N2O2. The fourth-order valence-corrected chi connectivity index (χ4v) is 3.34. The van der Waals surface area contributed by atoms with Crippen molar-refractivity contribution in [1.82, 2.24) is 10.2 Å². The van der Waals surface area contributed by atoms with Gasteiger partial charge in [0.25, 0.3) is 5.91 Å². The van der Waals surface area contributed by atoms with Crippen LogP contribution < -0.4 is 10.1 Å². The number of amides is 1. The summed E-state index contributed by atoms with van der Waals surface area (Å²) >= 11 is 0. The number of hydrogen-bond donors (Lipinski definition) is 1. The minimum atomic E-state index is -0.0533. The Balaban J connectivity index is 1.56. The van der Waals surface area contributed by atoms with E-state index in [4.69, 9.17) is 4.74 Å². The molecule has 1 aliphatic rings. The van der Waals surface area contributed by atoms with Crippen LogP contribution in [-0.4, -0.2) is 30.5 Å². The summed E-state index contributed by atoms with van der Waals surface area (Å²) in [7, 11) is 0. The molecule has 138 valence electrons. The van der Waals surface area contributed by atoms with Crippen molar-refractivity contribution in [2.75, 3.05) is 19.7 Å². The maximum atomic E-state index is 12.5. The summed E-state index contributed by atoms with van der Waals surface area (Å²) in [6, 6.07) is 15.8. The fourth-order valence-electron chi connectivity index (χ4n) is 3.34. The third-order valence-corrected chi connectivity index (χ3v) is 4.86. The standard InChI is InChI=1S/C22H28N2O2/c1-3-26-21-12-10-19(11-13-21)17(2)23-22(25)20-8-6-18(7-9-20)16-24-14-4-5-15-24/h6-13,17H,3-5,14-16H2,1-2H3,(H,23,25)/t17-/m0/s1. The van der Waals surface area contributed by atoms with Crippen LogP contribution in [0.5, 0.6) is 5.75 Å². The molecule has 1 atom stereocenters. The highest BCUT2D eigenvalue weighted by Gasteiger charge is 2.14. The van der Waals surface area contributed by atoms with Crippen LogP contribution >= 0.6 is 0 Å². The van der Waals surface area contributed by atoms with Crippen molar-refractivity contribution >= 4 is 5.91 Å². The first-order valence-corrected chi connectivity index (χ1v) is 9.50. The third-order valence-electron chi connectivity index (χ3n) is 4.86. The number of carbonyl (C=O) groups excluding carboxylic acids is 1. The molecule has 2 aromatic rings. The number of likely N-dealkylation sites (tertiary alicyclic amines) is 1. The van der Waals surface area contributed by atoms with Gasteiger partial charge in [0, 0.05) is 12.1 Å². The van der Waals surface area contributed by atoms with Crippen molar-refractivity contribution in [3.05, 3.63) is 65.2 Å². The molecule has 0 spiro atoms. The van der Waals surface area contributed by atoms with Gasteiger partial charge in [-0.3, -0.25) is 9.69 Å². The van der Waals surface area contributed by atoms with Gasteiger partial charge in [-0.05, 0) is 75.2 Å². The number of hydrogen-bond acceptors (Lipinski definition) is 3. The molecule has 0 bridgehead atoms. The van der Waals surface area contributed by atoms with Gasteiger partial charge in [-0.25, -0.2) is 0 Å². The molecular weight excluding hydrogens is 324 g/mol. The molecule has 1 N–H and O–H groups in total. The van der Waals surface area contributed by atoms with E-state index in [9.17, 15) is 4.79 Å². The summed E-state index contributed by atoms with van der Waals surface area (Å²) < 4.78 is 5.46. The van der Waals surface area contributed by atoms with E-state index in [1.807, 2.05) is 50.2 Å². The van der Waals surface area contributed by atoms with Crippen LogP contribution in [0.1, 0.15) is 54.2 Å². The monoisotopic (exact) mass is 352 g/mol. The zero-order chi connectivity index (χ0) is 18.4. The summed E-state index contributed by atoms with van der Waals surface area (Å²) in [6.07, 6.45) is 2.59. The molecule has 0 unspecified atom stereocenters. The molecule has 1 amide bonds. The van der Waals surface area contributed by atoms with E-state index in [1.54, 1.807) is 0 Å². The summed E-state index contributed by atoms with van der Waals surface area (Å²) in [5, 5.41) is 3.07. The molecule has 0 saturated carbocycles. The van der Waals surface area contributed by atoms with Gasteiger partial charge in [0.1, 0.15) is 5.75 Å². The molecule has 26 heavy (non-hydrogen) atoms. The lowest BCUT2D eigenvalue weighted by Crippen LogP contribution is -2.26. The quantitative estimate of drug-likeness (QED) is 0.813. The Morgan fingerprint density at radius 1 is 1.08 bits per heavy atom. The molecule has 4 nitrogen and oxygen atoms in total. The topological polar surface area (TPSA) is 41.6 Å². The Morgan fingerprint density at radius 3 is 2.35 bits per heavy atom. The second-order valence-corrected chi connectivity index (χ2v) is 6.88. The van der Waals surface area contributed by atoms with Crippen LogP contribution in [0.3, 0.4) is 0 Å². The first-order chi connectivity index (χ1) is 12.7. The summed E-state index contributed by atoms with van der Waals surface area (Å²) in [5.74, 6) is 0.808. The minimum absolute atomic E-state index is 0.0425. The molecule has 1 saturated heterocycles. The molecule has 0 radical (unpaired) electrons. The summed E-state index contributed by atoms with van der Waals surface area (Å²) in [6.45, 7) is 7.95. The van der Waals surface area contributed by atoms with Crippen LogP contribution in [0.2, 0.25) is 0 Å². The van der Waals surface area contributed by atoms with Crippen LogP contribution in [0.15, 0.2) is 48.5 Å². The number of benzene rings is 2. The predicted molar refractivity (Wildman–Crippen MR) is 104 cm³/mol. The zero-order valence-electron chi connectivity index (χ0n) is 15.7. The SMILES string of the molecule is CCOc1ccc([C@H](C)NC(=O)c2ccc(CN3CCCC3)cc2)cc1. The van der Waals surface area contributed by atoms with E-state index in [0.29, 0.717) is 12.2 Å². The number of ether oxygens (including phenoxy) is 1. The second kappa shape index (κ2) is 8.86. The molecule has 1 fully saturated rings. The fraction of sp³-hybridized carbons (Fsp3) is 0.409. The average molecular weight is 352 g/mol. The van der Waals surface area contributed by atoms with E-state index in [2.05, 4.69) is 22.3 Å². The maximum absolute atomic E-state index is 12.5. The van der Waals surface area contributed by atoms with Crippen molar-refractivity contribution < 1.29 is 9.53 Å². The lowest BCUT2D eigenvalue weighted by molar-refractivity contribution is 0.0940. The van der Waals surface area contributed by atoms with Crippen LogP contribution in [0, 0.1) is 0 Å². The second-order valence-electron chi connectivity index (χ2n) is 6.88. The average Bonchev–Trinajstić information content (AvgIpc) is 3.16. The van der Waals surface area contributed by atoms with Gasteiger partial charge in [0.15, 0.2) is 0 Å². The minimum Gasteiger partial charge on any atom is -0.494 e. The lowest BCUT2D eigenvalue weighted by Gasteiger charge is -2.16. The van der Waals surface area contributed by atoms with Gasteiger partial charge in [-0.2, -0.15) is 0 Å². The third kappa shape index (κ3) is 4.85. The smallest absolute Gasteiger partial charge is 0.251 e. The van der Waals surface area contributed by atoms with Crippen molar-refractivity contribution in [1.29, 1.82) is 0 Å². The van der Waals surface area contributed by atoms with E-state index in [1.165, 1.54) is 31.5 Å². The Kier molecular flexibility index (Phi) is 6.29. The molecule has 2 aromatic carbocycles. The lowest BCUT2D eigenvalue weighted by atomic mass is 10.1. The first kappa shape index (κ1) is 18.5. The van der Waals surface area contributed by atoms with E-state index < -0.39 is 0 Å². The normalized spacial score (nSPS) is 15.6. The highest BCUT2D eigenvalue weighted by molar-refractivity contribution is 5.94. The van der Waals surface area contributed by atoms with Crippen LogP contribution in [-0.2, 0) is 6.54 Å². The molecule has 3 rings (SSSR count). The van der Waals surface area contributed by atoms with E-state index in [-0.39, 0.29) is 11.9 Å². The largest absolute Gasteiger partial charge is 0.494 e. The Hall–Kier alpha value is -2.33. The highest BCUT2D eigenvalue weighted by Crippen LogP contribution is 2.18. The number of carbonyl (C=O) groups is 1. The van der Waals surface area contributed by atoms with E-state index >= 15 is 0 Å². The molecule has 0 aliphatic carbocycles. The van der Waals surface area contributed by atoms with Crippen LogP contribution in [0.4, 0.5) is 0 Å². The predicted octanol–water partition coefficient (Wildman–Crippen LogP) is 4.17. The molecule has 1 heterocycles. The number of nitrogens with one attached hydrogen (secondary N) is 1. The molecule has 0 aromatic heterocycles. The Labute approximate surface area is 156 Å². The Bertz CT molecular complexity index is 704. The highest BCUT2D eigenvalue weighted by atomic mass is 16.5. The van der Waals surface area contributed by atoms with Gasteiger partial charge >= 0.3 is 0 Å². The number of rotatable bonds is 7. The molecule has 1 aliphatic heterocycles. The van der Waals surface area contributed by atoms with E-state index in [0.717, 1.165) is 17.9 Å².